The Morgan fingerprint density at radius 2 is 1.79 bits per heavy atom. The van der Waals surface area contributed by atoms with Crippen LogP contribution in [0.4, 0.5) is 0 Å². The molecule has 0 aromatic carbocycles. The van der Waals surface area contributed by atoms with E-state index in [0.717, 1.165) is 12.8 Å². The largest absolute Gasteiger partial charge is 0.481 e. The number of aliphatic carboxylic acids is 1. The van der Waals surface area contributed by atoms with Crippen molar-refractivity contribution >= 4 is 17.8 Å². The Kier molecular flexibility index (Phi) is 4.91. The van der Waals surface area contributed by atoms with Gasteiger partial charge in [0.05, 0.1) is 5.41 Å². The number of rotatable bonds is 4. The number of hydrogen-bond donors (Lipinski definition) is 2. The molecule has 0 unspecified atom stereocenters. The van der Waals surface area contributed by atoms with Crippen molar-refractivity contribution in [2.24, 2.45) is 5.41 Å². The highest BCUT2D eigenvalue weighted by Gasteiger charge is 2.31. The number of carbonyl (C=O) groups excluding carboxylic acids is 2. The van der Waals surface area contributed by atoms with Crippen molar-refractivity contribution in [3.05, 3.63) is 0 Å². The van der Waals surface area contributed by atoms with Crippen LogP contribution in [-0.2, 0) is 14.4 Å². The van der Waals surface area contributed by atoms with Gasteiger partial charge < -0.3 is 15.3 Å². The van der Waals surface area contributed by atoms with Gasteiger partial charge in [-0.3, -0.25) is 14.4 Å². The van der Waals surface area contributed by atoms with Gasteiger partial charge in [0.25, 0.3) is 0 Å². The van der Waals surface area contributed by atoms with Gasteiger partial charge in [0.2, 0.25) is 11.8 Å². The van der Waals surface area contributed by atoms with Gasteiger partial charge in [-0.25, -0.2) is 0 Å². The number of amides is 2. The van der Waals surface area contributed by atoms with Crippen LogP contribution in [0.5, 0.6) is 0 Å². The number of carboxylic acid groups (broad SMARTS) is 1. The number of carbonyl (C=O) groups is 3. The van der Waals surface area contributed by atoms with E-state index in [-0.39, 0.29) is 24.3 Å². The Bertz CT molecular complexity index is 371. The van der Waals surface area contributed by atoms with E-state index in [9.17, 15) is 14.4 Å². The van der Waals surface area contributed by atoms with Crippen molar-refractivity contribution in [1.29, 1.82) is 0 Å². The number of nitrogens with zero attached hydrogens (tertiary/aromatic N) is 1. The highest BCUT2D eigenvalue weighted by atomic mass is 16.4. The Morgan fingerprint density at radius 1 is 1.26 bits per heavy atom. The fourth-order valence-electron chi connectivity index (χ4n) is 2.09. The summed E-state index contributed by atoms with van der Waals surface area (Å²) in [5, 5.41) is 11.8. The smallest absolute Gasteiger partial charge is 0.309 e. The first-order valence-electron chi connectivity index (χ1n) is 6.50. The maximum atomic E-state index is 11.8. The average molecular weight is 270 g/mol. The number of nitrogens with one attached hydrogen (secondary N) is 1. The van der Waals surface area contributed by atoms with Gasteiger partial charge in [0.1, 0.15) is 0 Å². The van der Waals surface area contributed by atoms with Crippen molar-refractivity contribution in [2.75, 3.05) is 13.1 Å². The molecule has 19 heavy (non-hydrogen) atoms. The summed E-state index contributed by atoms with van der Waals surface area (Å²) in [5.74, 6) is -1.17. The quantitative estimate of drug-likeness (QED) is 0.783. The topological polar surface area (TPSA) is 86.7 Å². The molecule has 1 saturated heterocycles. The van der Waals surface area contributed by atoms with Crippen LogP contribution in [0.15, 0.2) is 0 Å². The fraction of sp³-hybridized carbons (Fsp3) is 0.769. The van der Waals surface area contributed by atoms with E-state index >= 15 is 0 Å². The third-order valence-corrected chi connectivity index (χ3v) is 3.49. The van der Waals surface area contributed by atoms with E-state index in [1.165, 1.54) is 20.8 Å². The summed E-state index contributed by atoms with van der Waals surface area (Å²) >= 11 is 0. The molecule has 6 nitrogen and oxygen atoms in total. The van der Waals surface area contributed by atoms with Crippen molar-refractivity contribution < 1.29 is 19.5 Å². The van der Waals surface area contributed by atoms with Gasteiger partial charge in [0.15, 0.2) is 0 Å². The van der Waals surface area contributed by atoms with Gasteiger partial charge in [-0.2, -0.15) is 0 Å². The molecular formula is C13H22N2O4. The maximum Gasteiger partial charge on any atom is 0.309 e. The first-order valence-corrected chi connectivity index (χ1v) is 6.50. The van der Waals surface area contributed by atoms with Crippen LogP contribution in [0.2, 0.25) is 0 Å². The van der Waals surface area contributed by atoms with E-state index in [2.05, 4.69) is 5.32 Å². The molecule has 1 heterocycles. The van der Waals surface area contributed by atoms with Crippen molar-refractivity contribution in [3.8, 4) is 0 Å². The monoisotopic (exact) mass is 270 g/mol. The number of carboxylic acids is 1. The lowest BCUT2D eigenvalue weighted by Crippen LogP contribution is -2.47. The zero-order chi connectivity index (χ0) is 14.6. The lowest BCUT2D eigenvalue weighted by Gasteiger charge is -2.32. The van der Waals surface area contributed by atoms with Crippen LogP contribution in [0.25, 0.3) is 0 Å². The second-order valence-electron chi connectivity index (χ2n) is 5.71. The van der Waals surface area contributed by atoms with Crippen molar-refractivity contribution in [2.45, 2.75) is 46.1 Å². The van der Waals surface area contributed by atoms with Gasteiger partial charge in [-0.1, -0.05) is 0 Å². The van der Waals surface area contributed by atoms with E-state index in [4.69, 9.17) is 5.11 Å². The van der Waals surface area contributed by atoms with E-state index in [1.54, 1.807) is 4.90 Å². The van der Waals surface area contributed by atoms with E-state index < -0.39 is 11.4 Å². The summed E-state index contributed by atoms with van der Waals surface area (Å²) in [7, 11) is 0. The Balaban J connectivity index is 2.39. The molecule has 1 fully saturated rings. The molecule has 0 saturated carbocycles. The second kappa shape index (κ2) is 6.04. The third-order valence-electron chi connectivity index (χ3n) is 3.49. The zero-order valence-corrected chi connectivity index (χ0v) is 11.7. The fourth-order valence-corrected chi connectivity index (χ4v) is 2.09. The Morgan fingerprint density at radius 3 is 2.21 bits per heavy atom. The van der Waals surface area contributed by atoms with Gasteiger partial charge in [-0.05, 0) is 26.7 Å². The SMILES string of the molecule is CC(=O)N1CCC(NC(=O)CC(C)(C)C(=O)O)CC1. The highest BCUT2D eigenvalue weighted by molar-refractivity contribution is 5.84. The predicted octanol–water partition coefficient (Wildman–Crippen LogP) is 0.614. The first kappa shape index (κ1) is 15.5. The lowest BCUT2D eigenvalue weighted by molar-refractivity contribution is -0.149. The van der Waals surface area contributed by atoms with Gasteiger partial charge in [0, 0.05) is 32.5 Å². The van der Waals surface area contributed by atoms with Gasteiger partial charge >= 0.3 is 5.97 Å². The molecule has 0 aliphatic carbocycles. The molecule has 0 spiro atoms. The average Bonchev–Trinajstić information content (AvgIpc) is 2.28. The van der Waals surface area contributed by atoms with E-state index in [0.29, 0.717) is 13.1 Å². The molecule has 1 rings (SSSR count). The zero-order valence-electron chi connectivity index (χ0n) is 11.7. The molecule has 0 atom stereocenters. The van der Waals surface area contributed by atoms with Gasteiger partial charge in [-0.15, -0.1) is 0 Å². The minimum atomic E-state index is -1.05. The third kappa shape index (κ3) is 4.54. The molecule has 0 aromatic heterocycles. The van der Waals surface area contributed by atoms with Crippen LogP contribution < -0.4 is 5.32 Å². The van der Waals surface area contributed by atoms with Crippen LogP contribution in [0.1, 0.15) is 40.0 Å². The summed E-state index contributed by atoms with van der Waals surface area (Å²) in [4.78, 5) is 35.7. The molecule has 1 aliphatic rings. The first-order chi connectivity index (χ1) is 8.72. The Labute approximate surface area is 113 Å². The molecule has 108 valence electrons. The minimum absolute atomic E-state index is 0.0325. The molecule has 0 bridgehead atoms. The maximum absolute atomic E-state index is 11.8. The molecule has 2 amide bonds. The predicted molar refractivity (Wildman–Crippen MR) is 69.5 cm³/mol. The summed E-state index contributed by atoms with van der Waals surface area (Å²) < 4.78 is 0. The van der Waals surface area contributed by atoms with Crippen LogP contribution >= 0.6 is 0 Å². The minimum Gasteiger partial charge on any atom is -0.481 e. The van der Waals surface area contributed by atoms with Crippen molar-refractivity contribution in [3.63, 3.8) is 0 Å². The normalized spacial score (nSPS) is 17.1. The molecule has 1 aliphatic heterocycles. The van der Waals surface area contributed by atoms with E-state index in [1.807, 2.05) is 0 Å². The van der Waals surface area contributed by atoms with Crippen LogP contribution in [-0.4, -0.2) is 46.9 Å². The van der Waals surface area contributed by atoms with Crippen LogP contribution in [0, 0.1) is 5.41 Å². The molecule has 0 radical (unpaired) electrons. The summed E-state index contributed by atoms with van der Waals surface area (Å²) in [6.07, 6.45) is 1.41. The number of hydrogen-bond acceptors (Lipinski definition) is 3. The van der Waals surface area contributed by atoms with Crippen molar-refractivity contribution in [1.82, 2.24) is 10.2 Å². The molecular weight excluding hydrogens is 248 g/mol. The van der Waals surface area contributed by atoms with Crippen LogP contribution in [0.3, 0.4) is 0 Å². The molecule has 2 N–H and O–H groups in total. The lowest BCUT2D eigenvalue weighted by atomic mass is 9.89. The summed E-state index contributed by atoms with van der Waals surface area (Å²) in [6, 6.07) is 0.0349. The Hall–Kier alpha value is -1.59. The standard InChI is InChI=1S/C13H22N2O4/c1-9(16)15-6-4-10(5-7-15)14-11(17)8-13(2,3)12(18)19/h10H,4-8H2,1-3H3,(H,14,17)(H,18,19). The molecule has 6 heteroatoms. The summed E-state index contributed by atoms with van der Waals surface area (Å²) in [5.41, 5.74) is -1.05. The molecule has 0 aromatic rings. The summed E-state index contributed by atoms with van der Waals surface area (Å²) in [6.45, 7) is 5.89. The number of piperidine rings is 1. The number of likely N-dealkylation sites (tertiary alicyclic amines) is 1. The second-order valence-corrected chi connectivity index (χ2v) is 5.71. The highest BCUT2D eigenvalue weighted by Crippen LogP contribution is 2.20.